The van der Waals surface area contributed by atoms with Crippen molar-refractivity contribution < 1.29 is 14.3 Å². The number of esters is 2. The van der Waals surface area contributed by atoms with E-state index in [-0.39, 0.29) is 11.8 Å². The molecule has 0 aliphatic heterocycles. The van der Waals surface area contributed by atoms with Gasteiger partial charge in [0.15, 0.2) is 0 Å². The SMILES string of the molecule is CCCC(=O)OC(=O)CC(C)(C)C. The van der Waals surface area contributed by atoms with Crippen molar-refractivity contribution in [3.63, 3.8) is 0 Å². The normalized spacial score (nSPS) is 11.1. The standard InChI is InChI=1S/C10H18O3/c1-5-6-8(11)13-9(12)7-10(2,3)4/h5-7H2,1-4H3. The van der Waals surface area contributed by atoms with E-state index in [1.807, 2.05) is 27.7 Å². The highest BCUT2D eigenvalue weighted by atomic mass is 16.6. The summed E-state index contributed by atoms with van der Waals surface area (Å²) in [6, 6.07) is 0. The van der Waals surface area contributed by atoms with Gasteiger partial charge in [0.1, 0.15) is 0 Å². The van der Waals surface area contributed by atoms with Crippen molar-refractivity contribution in [1.29, 1.82) is 0 Å². The van der Waals surface area contributed by atoms with Gasteiger partial charge in [0.2, 0.25) is 0 Å². The van der Waals surface area contributed by atoms with Crippen molar-refractivity contribution in [2.24, 2.45) is 5.41 Å². The zero-order valence-electron chi connectivity index (χ0n) is 8.85. The van der Waals surface area contributed by atoms with Crippen molar-refractivity contribution in [2.45, 2.75) is 47.0 Å². The second-order valence-corrected chi connectivity index (χ2v) is 4.33. The number of carbonyl (C=O) groups is 2. The Labute approximate surface area is 79.5 Å². The lowest BCUT2D eigenvalue weighted by molar-refractivity contribution is -0.160. The highest BCUT2D eigenvalue weighted by Crippen LogP contribution is 2.18. The summed E-state index contributed by atoms with van der Waals surface area (Å²) in [5, 5.41) is 0. The molecule has 0 aromatic rings. The van der Waals surface area contributed by atoms with E-state index in [2.05, 4.69) is 4.74 Å². The van der Waals surface area contributed by atoms with Crippen LogP contribution in [-0.2, 0) is 14.3 Å². The van der Waals surface area contributed by atoms with Gasteiger partial charge in [-0.1, -0.05) is 27.7 Å². The van der Waals surface area contributed by atoms with Gasteiger partial charge in [0.25, 0.3) is 0 Å². The fourth-order valence-corrected chi connectivity index (χ4v) is 0.851. The fourth-order valence-electron chi connectivity index (χ4n) is 0.851. The molecule has 0 radical (unpaired) electrons. The van der Waals surface area contributed by atoms with Crippen LogP contribution in [0.4, 0.5) is 0 Å². The van der Waals surface area contributed by atoms with Crippen LogP contribution in [0.25, 0.3) is 0 Å². The van der Waals surface area contributed by atoms with Crippen molar-refractivity contribution in [3.05, 3.63) is 0 Å². The molecule has 0 atom stereocenters. The van der Waals surface area contributed by atoms with Crippen LogP contribution >= 0.6 is 0 Å². The van der Waals surface area contributed by atoms with Crippen LogP contribution < -0.4 is 0 Å². The van der Waals surface area contributed by atoms with Crippen LogP contribution in [-0.4, -0.2) is 11.9 Å². The summed E-state index contributed by atoms with van der Waals surface area (Å²) < 4.78 is 4.59. The molecule has 0 fully saturated rings. The second kappa shape index (κ2) is 5.00. The molecule has 0 aromatic heterocycles. The molecule has 0 unspecified atom stereocenters. The molecule has 0 aliphatic rings. The van der Waals surface area contributed by atoms with Crippen LogP contribution in [0.15, 0.2) is 0 Å². The van der Waals surface area contributed by atoms with Crippen molar-refractivity contribution in [3.8, 4) is 0 Å². The van der Waals surface area contributed by atoms with Crippen LogP contribution in [0, 0.1) is 5.41 Å². The van der Waals surface area contributed by atoms with Crippen LogP contribution in [0.2, 0.25) is 0 Å². The number of ether oxygens (including phenoxy) is 1. The predicted molar refractivity (Wildman–Crippen MR) is 50.1 cm³/mol. The Hall–Kier alpha value is -0.860. The molecule has 0 N–H and O–H groups in total. The molecule has 76 valence electrons. The lowest BCUT2D eigenvalue weighted by atomic mass is 9.92. The van der Waals surface area contributed by atoms with E-state index in [1.165, 1.54) is 0 Å². The Bertz CT molecular complexity index is 189. The van der Waals surface area contributed by atoms with Crippen molar-refractivity contribution >= 4 is 11.9 Å². The maximum Gasteiger partial charge on any atom is 0.313 e. The summed E-state index contributed by atoms with van der Waals surface area (Å²) in [5.74, 6) is -0.845. The Morgan fingerprint density at radius 2 is 1.69 bits per heavy atom. The van der Waals surface area contributed by atoms with Gasteiger partial charge in [-0.25, -0.2) is 0 Å². The van der Waals surface area contributed by atoms with E-state index < -0.39 is 11.9 Å². The highest BCUT2D eigenvalue weighted by Gasteiger charge is 2.18. The molecule has 0 amide bonds. The topological polar surface area (TPSA) is 43.4 Å². The van der Waals surface area contributed by atoms with Gasteiger partial charge >= 0.3 is 11.9 Å². The molecule has 0 bridgehead atoms. The third-order valence-electron chi connectivity index (χ3n) is 1.36. The van der Waals surface area contributed by atoms with Crippen LogP contribution in [0.3, 0.4) is 0 Å². The molecule has 0 aliphatic carbocycles. The maximum absolute atomic E-state index is 11.1. The molecule has 0 heterocycles. The fraction of sp³-hybridized carbons (Fsp3) is 0.800. The minimum atomic E-state index is -0.425. The quantitative estimate of drug-likeness (QED) is 0.501. The lowest BCUT2D eigenvalue weighted by Gasteiger charge is -2.15. The number of carbonyl (C=O) groups excluding carboxylic acids is 2. The lowest BCUT2D eigenvalue weighted by Crippen LogP contribution is -2.18. The van der Waals surface area contributed by atoms with Gasteiger partial charge in [0, 0.05) is 6.42 Å². The minimum absolute atomic E-state index is 0.121. The summed E-state index contributed by atoms with van der Waals surface area (Å²) in [4.78, 5) is 22.0. The summed E-state index contributed by atoms with van der Waals surface area (Å²) in [6.45, 7) is 7.66. The Balaban J connectivity index is 3.82. The van der Waals surface area contributed by atoms with Gasteiger partial charge in [-0.2, -0.15) is 0 Å². The molecular weight excluding hydrogens is 168 g/mol. The van der Waals surface area contributed by atoms with Gasteiger partial charge in [0.05, 0.1) is 6.42 Å². The summed E-state index contributed by atoms with van der Waals surface area (Å²) >= 11 is 0. The molecule has 3 heteroatoms. The third-order valence-corrected chi connectivity index (χ3v) is 1.36. The molecule has 0 saturated carbocycles. The van der Waals surface area contributed by atoms with E-state index in [0.717, 1.165) is 0 Å². The smallest absolute Gasteiger partial charge is 0.313 e. The zero-order chi connectivity index (χ0) is 10.5. The van der Waals surface area contributed by atoms with E-state index in [0.29, 0.717) is 12.8 Å². The maximum atomic E-state index is 11.1. The molecule has 0 saturated heterocycles. The van der Waals surface area contributed by atoms with Crippen LogP contribution in [0.5, 0.6) is 0 Å². The van der Waals surface area contributed by atoms with Gasteiger partial charge < -0.3 is 4.74 Å². The average Bonchev–Trinajstić information content (AvgIpc) is 1.81. The molecule has 3 nitrogen and oxygen atoms in total. The second-order valence-electron chi connectivity index (χ2n) is 4.33. The van der Waals surface area contributed by atoms with Crippen LogP contribution in [0.1, 0.15) is 47.0 Å². The molecule has 0 spiro atoms. The number of hydrogen-bond donors (Lipinski definition) is 0. The summed E-state index contributed by atoms with van der Waals surface area (Å²) in [6.07, 6.45) is 1.31. The molecular formula is C10H18O3. The summed E-state index contributed by atoms with van der Waals surface area (Å²) in [7, 11) is 0. The van der Waals surface area contributed by atoms with E-state index >= 15 is 0 Å². The predicted octanol–water partition coefficient (Wildman–Crippen LogP) is 2.29. The molecule has 0 rings (SSSR count). The Morgan fingerprint density at radius 3 is 2.08 bits per heavy atom. The van der Waals surface area contributed by atoms with E-state index in [1.54, 1.807) is 0 Å². The van der Waals surface area contributed by atoms with Gasteiger partial charge in [-0.05, 0) is 11.8 Å². The Morgan fingerprint density at radius 1 is 1.15 bits per heavy atom. The molecule has 13 heavy (non-hydrogen) atoms. The Kier molecular flexibility index (Phi) is 4.67. The van der Waals surface area contributed by atoms with Crippen molar-refractivity contribution in [2.75, 3.05) is 0 Å². The first-order chi connectivity index (χ1) is 5.85. The first-order valence-corrected chi connectivity index (χ1v) is 4.58. The minimum Gasteiger partial charge on any atom is -0.393 e. The number of hydrogen-bond acceptors (Lipinski definition) is 3. The zero-order valence-corrected chi connectivity index (χ0v) is 8.85. The third kappa shape index (κ3) is 7.50. The van der Waals surface area contributed by atoms with Gasteiger partial charge in [-0.3, -0.25) is 9.59 Å². The monoisotopic (exact) mass is 186 g/mol. The van der Waals surface area contributed by atoms with E-state index in [9.17, 15) is 9.59 Å². The average molecular weight is 186 g/mol. The van der Waals surface area contributed by atoms with Gasteiger partial charge in [-0.15, -0.1) is 0 Å². The first-order valence-electron chi connectivity index (χ1n) is 4.58. The first kappa shape index (κ1) is 12.1. The number of rotatable bonds is 3. The largest absolute Gasteiger partial charge is 0.393 e. The highest BCUT2D eigenvalue weighted by molar-refractivity contribution is 5.85. The molecule has 0 aromatic carbocycles. The van der Waals surface area contributed by atoms with E-state index in [4.69, 9.17) is 0 Å². The summed E-state index contributed by atoms with van der Waals surface area (Å²) in [5.41, 5.74) is -0.121. The van der Waals surface area contributed by atoms with Crippen molar-refractivity contribution in [1.82, 2.24) is 0 Å².